The summed E-state index contributed by atoms with van der Waals surface area (Å²) in [6.07, 6.45) is 0. The Morgan fingerprint density at radius 1 is 1.13 bits per heavy atom. The molecule has 0 aliphatic carbocycles. The molecule has 1 radical (unpaired) electrons. The lowest BCUT2D eigenvalue weighted by Gasteiger charge is -2.11. The maximum absolute atomic E-state index is 12.5. The normalized spacial score (nSPS) is 12.5. The van der Waals surface area contributed by atoms with Crippen LogP contribution in [0.25, 0.3) is 20.8 Å². The van der Waals surface area contributed by atoms with E-state index in [-0.39, 0.29) is 5.56 Å². The maximum Gasteiger partial charge on any atom is 0.534 e. The highest BCUT2D eigenvalue weighted by Gasteiger charge is 2.48. The Bertz CT molecular complexity index is 932. The lowest BCUT2D eigenvalue weighted by molar-refractivity contribution is -0.0499. The molecule has 23 heavy (non-hydrogen) atoms. The topological polar surface area (TPSA) is 56.3 Å². The molecule has 1 heterocycles. The second-order valence-corrected chi connectivity index (χ2v) is 6.95. The third-order valence-electron chi connectivity index (χ3n) is 2.82. The molecule has 4 nitrogen and oxygen atoms in total. The summed E-state index contributed by atoms with van der Waals surface area (Å²) in [4.78, 5) is 4.24. The van der Waals surface area contributed by atoms with Gasteiger partial charge in [-0.05, 0) is 18.2 Å². The van der Waals surface area contributed by atoms with Crippen molar-refractivity contribution < 1.29 is 25.8 Å². The number of alkyl halides is 3. The molecule has 0 fully saturated rings. The first-order chi connectivity index (χ1) is 10.8. The second kappa shape index (κ2) is 5.50. The van der Waals surface area contributed by atoms with Gasteiger partial charge in [0.25, 0.3) is 0 Å². The lowest BCUT2D eigenvalue weighted by atomic mass is 10.2. The van der Waals surface area contributed by atoms with Crippen LogP contribution < -0.4 is 4.18 Å². The van der Waals surface area contributed by atoms with Crippen molar-refractivity contribution in [3.8, 4) is 16.3 Å². The van der Waals surface area contributed by atoms with Gasteiger partial charge < -0.3 is 4.18 Å². The Morgan fingerprint density at radius 2 is 1.87 bits per heavy atom. The van der Waals surface area contributed by atoms with Gasteiger partial charge in [-0.15, -0.1) is 11.3 Å². The summed E-state index contributed by atoms with van der Waals surface area (Å²) >= 11 is 1.20. The summed E-state index contributed by atoms with van der Waals surface area (Å²) in [7, 11) is -5.74. The quantitative estimate of drug-likeness (QED) is 0.525. The largest absolute Gasteiger partial charge is 0.534 e. The highest BCUT2D eigenvalue weighted by molar-refractivity contribution is 7.88. The molecule has 0 saturated heterocycles. The first-order valence-corrected chi connectivity index (χ1v) is 8.38. The molecule has 0 bridgehead atoms. The van der Waals surface area contributed by atoms with Crippen LogP contribution in [0, 0.1) is 6.07 Å². The molecular weight excluding hydrogens is 351 g/mol. The molecule has 0 amide bonds. The van der Waals surface area contributed by atoms with E-state index in [4.69, 9.17) is 0 Å². The molecule has 0 aliphatic rings. The van der Waals surface area contributed by atoms with Crippen molar-refractivity contribution in [2.24, 2.45) is 0 Å². The summed E-state index contributed by atoms with van der Waals surface area (Å²) in [5.74, 6) is -0.427. The number of halogens is 3. The summed E-state index contributed by atoms with van der Waals surface area (Å²) < 4.78 is 64.9. The van der Waals surface area contributed by atoms with E-state index in [1.807, 2.05) is 0 Å². The molecule has 0 aliphatic heterocycles. The number of thiazole rings is 1. The number of para-hydroxylation sites is 2. The number of aromatic nitrogens is 1. The van der Waals surface area contributed by atoms with Gasteiger partial charge in [0.15, 0.2) is 5.75 Å². The van der Waals surface area contributed by atoms with Crippen LogP contribution in [0.2, 0.25) is 0 Å². The number of hydrogen-bond acceptors (Lipinski definition) is 5. The Labute approximate surface area is 133 Å². The van der Waals surface area contributed by atoms with Crippen LogP contribution in [-0.2, 0) is 10.1 Å². The van der Waals surface area contributed by atoms with Gasteiger partial charge in [0.05, 0.1) is 15.8 Å². The van der Waals surface area contributed by atoms with Crippen LogP contribution in [0.5, 0.6) is 5.75 Å². The highest BCUT2D eigenvalue weighted by Crippen LogP contribution is 2.37. The van der Waals surface area contributed by atoms with Gasteiger partial charge in [0.2, 0.25) is 0 Å². The molecule has 119 valence electrons. The lowest BCUT2D eigenvalue weighted by Crippen LogP contribution is -2.28. The van der Waals surface area contributed by atoms with Crippen LogP contribution in [0.15, 0.2) is 42.5 Å². The standard InChI is InChI=1S/C14H7F3NO3S2/c15-14(16,17)23(19,20)21-11-7-3-1-5-9(11)13-18-10-6-2-4-8-12(10)22-13/h1-5,7-8H. The second-order valence-electron chi connectivity index (χ2n) is 4.38. The van der Waals surface area contributed by atoms with Crippen molar-refractivity contribution in [1.29, 1.82) is 0 Å². The van der Waals surface area contributed by atoms with Gasteiger partial charge >= 0.3 is 15.6 Å². The predicted molar refractivity (Wildman–Crippen MR) is 79.5 cm³/mol. The molecule has 3 aromatic rings. The summed E-state index contributed by atoms with van der Waals surface area (Å²) in [5.41, 5.74) is -4.79. The van der Waals surface area contributed by atoms with E-state index in [1.54, 1.807) is 24.3 Å². The van der Waals surface area contributed by atoms with Crippen molar-refractivity contribution in [3.05, 3.63) is 48.5 Å². The first kappa shape index (κ1) is 15.8. The minimum Gasteiger partial charge on any atom is -0.375 e. The van der Waals surface area contributed by atoms with Crippen molar-refractivity contribution in [2.75, 3.05) is 0 Å². The van der Waals surface area contributed by atoms with Crippen LogP contribution in [0.3, 0.4) is 0 Å². The third-order valence-corrected chi connectivity index (χ3v) is 4.84. The Kier molecular flexibility index (Phi) is 3.77. The molecule has 0 unspecified atom stereocenters. The van der Waals surface area contributed by atoms with Gasteiger partial charge in [0, 0.05) is 6.07 Å². The SMILES string of the molecule is O=S(=O)(Oc1ccccc1-c1nc2[c]cccc2s1)C(F)(F)F. The van der Waals surface area contributed by atoms with Gasteiger partial charge in [0.1, 0.15) is 5.01 Å². The van der Waals surface area contributed by atoms with Crippen LogP contribution >= 0.6 is 11.3 Å². The molecule has 1 aromatic heterocycles. The molecule has 0 spiro atoms. The number of fused-ring (bicyclic) bond motifs is 1. The minimum absolute atomic E-state index is 0.162. The molecule has 0 N–H and O–H groups in total. The van der Waals surface area contributed by atoms with Crippen molar-refractivity contribution in [3.63, 3.8) is 0 Å². The fourth-order valence-electron chi connectivity index (χ4n) is 1.81. The van der Waals surface area contributed by atoms with Gasteiger partial charge in [-0.25, -0.2) is 4.98 Å². The fourth-order valence-corrected chi connectivity index (χ4v) is 3.26. The predicted octanol–water partition coefficient (Wildman–Crippen LogP) is 3.99. The third kappa shape index (κ3) is 3.02. The van der Waals surface area contributed by atoms with Gasteiger partial charge in [-0.3, -0.25) is 0 Å². The molecule has 3 rings (SSSR count). The van der Waals surface area contributed by atoms with E-state index in [2.05, 4.69) is 15.2 Å². The summed E-state index contributed by atoms with van der Waals surface area (Å²) in [6.45, 7) is 0. The van der Waals surface area contributed by atoms with E-state index in [0.717, 1.165) is 10.8 Å². The average molecular weight is 358 g/mol. The van der Waals surface area contributed by atoms with Crippen LogP contribution in [-0.4, -0.2) is 18.9 Å². The maximum atomic E-state index is 12.5. The first-order valence-electron chi connectivity index (χ1n) is 6.15. The zero-order valence-corrected chi connectivity index (χ0v) is 12.8. The van der Waals surface area contributed by atoms with E-state index in [0.29, 0.717) is 10.5 Å². The molecule has 0 saturated carbocycles. The zero-order valence-electron chi connectivity index (χ0n) is 11.2. The number of nitrogens with zero attached hydrogens (tertiary/aromatic N) is 1. The Hall–Kier alpha value is -2.13. The van der Waals surface area contributed by atoms with Crippen molar-refractivity contribution in [2.45, 2.75) is 5.51 Å². The van der Waals surface area contributed by atoms with E-state index in [1.165, 1.54) is 23.5 Å². The number of benzene rings is 2. The van der Waals surface area contributed by atoms with E-state index < -0.39 is 21.4 Å². The van der Waals surface area contributed by atoms with Crippen LogP contribution in [0.1, 0.15) is 0 Å². The fraction of sp³-hybridized carbons (Fsp3) is 0.0714. The van der Waals surface area contributed by atoms with Gasteiger partial charge in [-0.1, -0.05) is 24.3 Å². The Morgan fingerprint density at radius 3 is 2.57 bits per heavy atom. The monoisotopic (exact) mass is 358 g/mol. The average Bonchev–Trinajstić information content (AvgIpc) is 2.90. The molecular formula is C14H7F3NO3S2. The highest BCUT2D eigenvalue weighted by atomic mass is 32.2. The van der Waals surface area contributed by atoms with E-state index in [9.17, 15) is 21.6 Å². The van der Waals surface area contributed by atoms with Crippen LogP contribution in [0.4, 0.5) is 13.2 Å². The summed E-state index contributed by atoms with van der Waals surface area (Å²) in [5, 5.41) is 0.343. The zero-order chi connectivity index (χ0) is 16.7. The van der Waals surface area contributed by atoms with E-state index >= 15 is 0 Å². The molecule has 9 heteroatoms. The van der Waals surface area contributed by atoms with Gasteiger partial charge in [-0.2, -0.15) is 21.6 Å². The van der Waals surface area contributed by atoms with Crippen molar-refractivity contribution >= 4 is 31.7 Å². The number of hydrogen-bond donors (Lipinski definition) is 0. The Balaban J connectivity index is 2.08. The van der Waals surface area contributed by atoms with Crippen molar-refractivity contribution in [1.82, 2.24) is 4.98 Å². The minimum atomic E-state index is -5.74. The molecule has 2 aromatic carbocycles. The molecule has 0 atom stereocenters. The summed E-state index contributed by atoms with van der Waals surface area (Å²) in [6, 6.07) is 13.6. The number of rotatable bonds is 3. The smallest absolute Gasteiger partial charge is 0.375 e.